The number of carboxylic acid groups (broad SMARTS) is 1. The molecule has 5 heteroatoms. The fourth-order valence-electron chi connectivity index (χ4n) is 2.70. The van der Waals surface area contributed by atoms with Crippen molar-refractivity contribution in [2.75, 3.05) is 13.2 Å². The van der Waals surface area contributed by atoms with E-state index in [1.165, 1.54) is 12.1 Å². The van der Waals surface area contributed by atoms with E-state index in [0.717, 1.165) is 11.1 Å². The Morgan fingerprint density at radius 3 is 2.50 bits per heavy atom. The summed E-state index contributed by atoms with van der Waals surface area (Å²) in [5.41, 5.74) is 2.41. The van der Waals surface area contributed by atoms with Crippen LogP contribution in [0, 0.1) is 17.7 Å². The van der Waals surface area contributed by atoms with Gasteiger partial charge in [-0.3, -0.25) is 4.79 Å². The zero-order valence-electron chi connectivity index (χ0n) is 14.6. The molecule has 0 aliphatic heterocycles. The lowest BCUT2D eigenvalue weighted by molar-refractivity contribution is -0.138. The van der Waals surface area contributed by atoms with Crippen LogP contribution in [0.15, 0.2) is 54.6 Å². The minimum absolute atomic E-state index is 0.0865. The molecule has 1 saturated carbocycles. The molecule has 1 aliphatic rings. The van der Waals surface area contributed by atoms with Crippen LogP contribution in [0.3, 0.4) is 0 Å². The van der Waals surface area contributed by atoms with Gasteiger partial charge < -0.3 is 14.6 Å². The van der Waals surface area contributed by atoms with Crippen LogP contribution in [0.2, 0.25) is 0 Å². The van der Waals surface area contributed by atoms with Gasteiger partial charge in [0.05, 0.1) is 12.5 Å². The summed E-state index contributed by atoms with van der Waals surface area (Å²) < 4.78 is 25.0. The van der Waals surface area contributed by atoms with Crippen LogP contribution >= 0.6 is 0 Å². The molecule has 2 unspecified atom stereocenters. The SMILES string of the molecule is C=C(C)COc1cc(F)cc(-c2ccc(OCC3CC3C(=O)O)cc2)c1. The molecule has 0 spiro atoms. The van der Waals surface area contributed by atoms with Gasteiger partial charge in [0.15, 0.2) is 0 Å². The Morgan fingerprint density at radius 2 is 1.88 bits per heavy atom. The molecule has 3 rings (SSSR count). The lowest BCUT2D eigenvalue weighted by Gasteiger charge is -2.10. The maximum Gasteiger partial charge on any atom is 0.306 e. The summed E-state index contributed by atoms with van der Waals surface area (Å²) in [4.78, 5) is 10.8. The number of halogens is 1. The number of carbonyl (C=O) groups is 1. The first-order valence-corrected chi connectivity index (χ1v) is 8.46. The number of benzene rings is 2. The summed E-state index contributed by atoms with van der Waals surface area (Å²) in [5, 5.41) is 8.90. The first kappa shape index (κ1) is 18.0. The fourth-order valence-corrected chi connectivity index (χ4v) is 2.70. The summed E-state index contributed by atoms with van der Waals surface area (Å²) in [6, 6.07) is 11.9. The number of aliphatic carboxylic acids is 1. The lowest BCUT2D eigenvalue weighted by atomic mass is 10.1. The van der Waals surface area contributed by atoms with Crippen LogP contribution in [-0.4, -0.2) is 24.3 Å². The quantitative estimate of drug-likeness (QED) is 0.705. The molecule has 26 heavy (non-hydrogen) atoms. The van der Waals surface area contributed by atoms with Crippen molar-refractivity contribution in [2.24, 2.45) is 11.8 Å². The van der Waals surface area contributed by atoms with Crippen molar-refractivity contribution < 1.29 is 23.8 Å². The predicted octanol–water partition coefficient (Wildman–Crippen LogP) is 4.55. The molecular formula is C21H21FO4. The summed E-state index contributed by atoms with van der Waals surface area (Å²) in [6.07, 6.45) is 0.670. The van der Waals surface area contributed by atoms with Gasteiger partial charge in [-0.1, -0.05) is 18.7 Å². The van der Waals surface area contributed by atoms with Crippen molar-refractivity contribution in [3.05, 3.63) is 60.4 Å². The largest absolute Gasteiger partial charge is 0.493 e. The minimum atomic E-state index is -0.760. The molecule has 0 amide bonds. The van der Waals surface area contributed by atoms with E-state index in [1.807, 2.05) is 19.1 Å². The third kappa shape index (κ3) is 4.63. The first-order valence-electron chi connectivity index (χ1n) is 8.46. The summed E-state index contributed by atoms with van der Waals surface area (Å²) in [6.45, 7) is 6.35. The molecule has 2 aromatic rings. The average Bonchev–Trinajstić information content (AvgIpc) is 3.38. The monoisotopic (exact) mass is 356 g/mol. The van der Waals surface area contributed by atoms with Crippen molar-refractivity contribution >= 4 is 5.97 Å². The number of rotatable bonds is 8. The number of carboxylic acids is 1. The highest BCUT2D eigenvalue weighted by Crippen LogP contribution is 2.39. The van der Waals surface area contributed by atoms with Gasteiger partial charge in [-0.2, -0.15) is 0 Å². The highest BCUT2D eigenvalue weighted by molar-refractivity contribution is 5.73. The van der Waals surface area contributed by atoms with Crippen molar-refractivity contribution in [3.63, 3.8) is 0 Å². The molecule has 1 aliphatic carbocycles. The molecule has 0 heterocycles. The number of ether oxygens (including phenoxy) is 2. The average molecular weight is 356 g/mol. The first-order chi connectivity index (χ1) is 12.4. The molecule has 1 N–H and O–H groups in total. The third-order valence-corrected chi connectivity index (χ3v) is 4.25. The Hall–Kier alpha value is -2.82. The Morgan fingerprint density at radius 1 is 1.15 bits per heavy atom. The smallest absolute Gasteiger partial charge is 0.306 e. The van der Waals surface area contributed by atoms with Crippen molar-refractivity contribution in [1.29, 1.82) is 0 Å². The van der Waals surface area contributed by atoms with Crippen LogP contribution in [0.25, 0.3) is 11.1 Å². The Labute approximate surface area is 151 Å². The normalized spacial score (nSPS) is 18.2. The van der Waals surface area contributed by atoms with Gasteiger partial charge in [0.25, 0.3) is 0 Å². The van der Waals surface area contributed by atoms with Crippen LogP contribution < -0.4 is 9.47 Å². The van der Waals surface area contributed by atoms with Crippen molar-refractivity contribution in [1.82, 2.24) is 0 Å². The van der Waals surface area contributed by atoms with Gasteiger partial charge >= 0.3 is 5.97 Å². The molecule has 2 atom stereocenters. The van der Waals surface area contributed by atoms with Gasteiger partial charge in [-0.05, 0) is 54.3 Å². The highest BCUT2D eigenvalue weighted by Gasteiger charge is 2.43. The van der Waals surface area contributed by atoms with Crippen molar-refractivity contribution in [3.8, 4) is 22.6 Å². The Kier molecular flexibility index (Phi) is 5.26. The molecule has 0 saturated heterocycles. The Balaban J connectivity index is 1.64. The predicted molar refractivity (Wildman–Crippen MR) is 96.9 cm³/mol. The second-order valence-corrected chi connectivity index (χ2v) is 6.70. The van der Waals surface area contributed by atoms with Gasteiger partial charge in [0.2, 0.25) is 0 Å². The van der Waals surface area contributed by atoms with E-state index in [2.05, 4.69) is 6.58 Å². The fraction of sp³-hybridized carbons (Fsp3) is 0.286. The van der Waals surface area contributed by atoms with Crippen LogP contribution in [0.1, 0.15) is 13.3 Å². The zero-order valence-corrected chi connectivity index (χ0v) is 14.6. The van der Waals surface area contributed by atoms with Crippen LogP contribution in [-0.2, 0) is 4.79 Å². The van der Waals surface area contributed by atoms with Gasteiger partial charge in [0.1, 0.15) is 23.9 Å². The molecule has 4 nitrogen and oxygen atoms in total. The molecule has 0 radical (unpaired) electrons. The Bertz CT molecular complexity index is 813. The van der Waals surface area contributed by atoms with E-state index in [0.29, 0.717) is 36.7 Å². The second kappa shape index (κ2) is 7.60. The molecule has 1 fully saturated rings. The van der Waals surface area contributed by atoms with E-state index >= 15 is 0 Å². The topological polar surface area (TPSA) is 55.8 Å². The minimum Gasteiger partial charge on any atom is -0.493 e. The number of hydrogen-bond acceptors (Lipinski definition) is 3. The molecule has 136 valence electrons. The maximum atomic E-state index is 13.9. The van der Waals surface area contributed by atoms with Crippen LogP contribution in [0.5, 0.6) is 11.5 Å². The molecular weight excluding hydrogens is 335 g/mol. The van der Waals surface area contributed by atoms with Gasteiger partial charge in [-0.15, -0.1) is 0 Å². The van der Waals surface area contributed by atoms with E-state index in [1.54, 1.807) is 18.2 Å². The van der Waals surface area contributed by atoms with E-state index in [4.69, 9.17) is 14.6 Å². The summed E-state index contributed by atoms with van der Waals surface area (Å²) >= 11 is 0. The van der Waals surface area contributed by atoms with E-state index < -0.39 is 5.97 Å². The van der Waals surface area contributed by atoms with Gasteiger partial charge in [-0.25, -0.2) is 4.39 Å². The van der Waals surface area contributed by atoms with E-state index in [-0.39, 0.29) is 17.7 Å². The standard InChI is InChI=1S/C21H21FO4/c1-13(2)11-25-19-8-15(7-17(22)10-19)14-3-5-18(6-4-14)26-12-16-9-20(16)21(23)24/h3-8,10,16,20H,1,9,11-12H2,2H3,(H,23,24). The van der Waals surface area contributed by atoms with Gasteiger partial charge in [0, 0.05) is 12.0 Å². The van der Waals surface area contributed by atoms with Crippen molar-refractivity contribution in [2.45, 2.75) is 13.3 Å². The zero-order chi connectivity index (χ0) is 18.7. The third-order valence-electron chi connectivity index (χ3n) is 4.25. The molecule has 0 bridgehead atoms. The second-order valence-electron chi connectivity index (χ2n) is 6.70. The molecule has 2 aromatic carbocycles. The summed E-state index contributed by atoms with van der Waals surface area (Å²) in [7, 11) is 0. The molecule has 0 aromatic heterocycles. The number of hydrogen-bond donors (Lipinski definition) is 1. The lowest BCUT2D eigenvalue weighted by Crippen LogP contribution is -2.06. The summed E-state index contributed by atoms with van der Waals surface area (Å²) in [5.74, 6) is -0.197. The van der Waals surface area contributed by atoms with Crippen LogP contribution in [0.4, 0.5) is 4.39 Å². The van der Waals surface area contributed by atoms with E-state index in [9.17, 15) is 9.18 Å². The highest BCUT2D eigenvalue weighted by atomic mass is 19.1. The maximum absolute atomic E-state index is 13.9.